The molecule has 0 radical (unpaired) electrons. The number of hydrogen-bond acceptors (Lipinski definition) is 4. The van der Waals surface area contributed by atoms with Gasteiger partial charge in [-0.15, -0.1) is 11.3 Å². The van der Waals surface area contributed by atoms with E-state index in [0.29, 0.717) is 0 Å². The van der Waals surface area contributed by atoms with Gasteiger partial charge in [0.25, 0.3) is 0 Å². The van der Waals surface area contributed by atoms with E-state index in [1.807, 2.05) is 24.3 Å². The maximum atomic E-state index is 4.10. The first kappa shape index (κ1) is 13.8. The fourth-order valence-electron chi connectivity index (χ4n) is 1.74. The maximum absolute atomic E-state index is 4.10. The second-order valence-corrected chi connectivity index (χ2v) is 7.38. The van der Waals surface area contributed by atoms with Crippen LogP contribution in [-0.4, -0.2) is 14.8 Å². The van der Waals surface area contributed by atoms with Crippen molar-refractivity contribution in [2.45, 2.75) is 6.54 Å². The van der Waals surface area contributed by atoms with Gasteiger partial charge in [-0.1, -0.05) is 0 Å². The molecule has 2 aromatic heterocycles. The Balaban J connectivity index is 1.66. The van der Waals surface area contributed by atoms with E-state index in [-0.39, 0.29) is 0 Å². The van der Waals surface area contributed by atoms with Crippen LogP contribution in [0.2, 0.25) is 0 Å². The molecular formula is C13H10Br2N4S. The Morgan fingerprint density at radius 3 is 2.60 bits per heavy atom. The SMILES string of the molecule is Brc1cc(CNc2ccc(-n3cncn3)cc2)sc1Br. The number of benzene rings is 1. The molecule has 0 atom stereocenters. The molecule has 3 rings (SSSR count). The number of thiophene rings is 1. The minimum atomic E-state index is 0.803. The molecule has 0 aliphatic rings. The predicted octanol–water partition coefficient (Wildman–Crippen LogP) is 4.47. The number of nitrogens with zero attached hydrogens (tertiary/aromatic N) is 3. The van der Waals surface area contributed by atoms with Crippen LogP contribution in [0.5, 0.6) is 0 Å². The summed E-state index contributed by atoms with van der Waals surface area (Å²) in [6.45, 7) is 0.803. The summed E-state index contributed by atoms with van der Waals surface area (Å²) in [4.78, 5) is 5.20. The molecule has 0 aliphatic heterocycles. The number of nitrogens with one attached hydrogen (secondary N) is 1. The molecule has 2 heterocycles. The van der Waals surface area contributed by atoms with Gasteiger partial charge in [-0.25, -0.2) is 9.67 Å². The van der Waals surface area contributed by atoms with Crippen LogP contribution >= 0.6 is 43.2 Å². The van der Waals surface area contributed by atoms with Crippen LogP contribution in [-0.2, 0) is 6.54 Å². The first-order chi connectivity index (χ1) is 9.72. The Morgan fingerprint density at radius 1 is 1.20 bits per heavy atom. The first-order valence-electron chi connectivity index (χ1n) is 5.85. The highest BCUT2D eigenvalue weighted by molar-refractivity contribution is 9.13. The van der Waals surface area contributed by atoms with Gasteiger partial charge in [-0.3, -0.25) is 0 Å². The molecule has 0 saturated carbocycles. The third-order valence-corrected chi connectivity index (χ3v) is 5.97. The van der Waals surface area contributed by atoms with E-state index < -0.39 is 0 Å². The Bertz CT molecular complexity index is 672. The summed E-state index contributed by atoms with van der Waals surface area (Å²) < 4.78 is 3.95. The summed E-state index contributed by atoms with van der Waals surface area (Å²) >= 11 is 8.72. The topological polar surface area (TPSA) is 42.7 Å². The molecule has 1 aromatic carbocycles. The van der Waals surface area contributed by atoms with E-state index >= 15 is 0 Å². The summed E-state index contributed by atoms with van der Waals surface area (Å²) in [5, 5.41) is 7.50. The summed E-state index contributed by atoms with van der Waals surface area (Å²) in [5.74, 6) is 0. The Hall–Kier alpha value is -1.18. The lowest BCUT2D eigenvalue weighted by Gasteiger charge is -2.06. The average Bonchev–Trinajstić information content (AvgIpc) is 3.08. The van der Waals surface area contributed by atoms with Gasteiger partial charge in [-0.2, -0.15) is 5.10 Å². The maximum Gasteiger partial charge on any atom is 0.138 e. The van der Waals surface area contributed by atoms with Crippen molar-refractivity contribution in [2.75, 3.05) is 5.32 Å². The zero-order valence-corrected chi connectivity index (χ0v) is 14.2. The molecule has 102 valence electrons. The fraction of sp³-hybridized carbons (Fsp3) is 0.0769. The van der Waals surface area contributed by atoms with Gasteiger partial charge >= 0.3 is 0 Å². The third kappa shape index (κ3) is 3.11. The van der Waals surface area contributed by atoms with Crippen molar-refractivity contribution in [2.24, 2.45) is 0 Å². The first-order valence-corrected chi connectivity index (χ1v) is 8.25. The predicted molar refractivity (Wildman–Crippen MR) is 88.4 cm³/mol. The van der Waals surface area contributed by atoms with Crippen LogP contribution in [0.25, 0.3) is 5.69 Å². The van der Waals surface area contributed by atoms with Crippen molar-refractivity contribution in [3.8, 4) is 5.69 Å². The van der Waals surface area contributed by atoms with Crippen molar-refractivity contribution >= 4 is 48.9 Å². The van der Waals surface area contributed by atoms with Crippen LogP contribution in [0.1, 0.15) is 4.88 Å². The number of hydrogen-bond donors (Lipinski definition) is 1. The van der Waals surface area contributed by atoms with E-state index in [9.17, 15) is 0 Å². The third-order valence-electron chi connectivity index (χ3n) is 2.71. The quantitative estimate of drug-likeness (QED) is 0.686. The summed E-state index contributed by atoms with van der Waals surface area (Å²) in [6, 6.07) is 10.2. The Kier molecular flexibility index (Phi) is 4.18. The van der Waals surface area contributed by atoms with E-state index in [4.69, 9.17) is 0 Å². The van der Waals surface area contributed by atoms with Crippen molar-refractivity contribution < 1.29 is 0 Å². The lowest BCUT2D eigenvalue weighted by atomic mass is 10.3. The highest BCUT2D eigenvalue weighted by atomic mass is 79.9. The van der Waals surface area contributed by atoms with Crippen molar-refractivity contribution in [1.29, 1.82) is 0 Å². The Labute approximate surface area is 137 Å². The molecule has 0 bridgehead atoms. The Morgan fingerprint density at radius 2 is 2.00 bits per heavy atom. The lowest BCUT2D eigenvalue weighted by molar-refractivity contribution is 0.879. The van der Waals surface area contributed by atoms with Crippen LogP contribution in [0.4, 0.5) is 5.69 Å². The second-order valence-electron chi connectivity index (χ2n) is 4.07. The number of aromatic nitrogens is 3. The van der Waals surface area contributed by atoms with Gasteiger partial charge in [0.1, 0.15) is 12.7 Å². The minimum absolute atomic E-state index is 0.803. The summed E-state index contributed by atoms with van der Waals surface area (Å²) in [5.41, 5.74) is 2.07. The molecule has 4 nitrogen and oxygen atoms in total. The van der Waals surface area contributed by atoms with E-state index in [2.05, 4.69) is 53.3 Å². The van der Waals surface area contributed by atoms with Gasteiger partial charge in [-0.05, 0) is 62.2 Å². The molecular weight excluding hydrogens is 404 g/mol. The fourth-order valence-corrected chi connectivity index (χ4v) is 3.86. The molecule has 0 fully saturated rings. The standard InChI is InChI=1S/C13H10Br2N4S/c14-12-5-11(20-13(12)15)6-17-9-1-3-10(4-2-9)19-8-16-7-18-19/h1-5,7-8,17H,6H2. The van der Waals surface area contributed by atoms with E-state index in [0.717, 1.165) is 26.2 Å². The smallest absolute Gasteiger partial charge is 0.138 e. The summed E-state index contributed by atoms with van der Waals surface area (Å²) in [7, 11) is 0. The van der Waals surface area contributed by atoms with Gasteiger partial charge in [0, 0.05) is 21.6 Å². The monoisotopic (exact) mass is 412 g/mol. The molecule has 0 saturated heterocycles. The van der Waals surface area contributed by atoms with Crippen molar-refractivity contribution in [1.82, 2.24) is 14.8 Å². The van der Waals surface area contributed by atoms with Crippen LogP contribution in [0.3, 0.4) is 0 Å². The van der Waals surface area contributed by atoms with Crippen LogP contribution in [0, 0.1) is 0 Å². The molecule has 0 unspecified atom stereocenters. The lowest BCUT2D eigenvalue weighted by Crippen LogP contribution is -1.98. The van der Waals surface area contributed by atoms with E-state index in [1.165, 1.54) is 11.2 Å². The molecule has 1 N–H and O–H groups in total. The summed E-state index contributed by atoms with van der Waals surface area (Å²) in [6.07, 6.45) is 3.21. The van der Waals surface area contributed by atoms with Crippen molar-refractivity contribution in [3.63, 3.8) is 0 Å². The largest absolute Gasteiger partial charge is 0.380 e. The van der Waals surface area contributed by atoms with Crippen LogP contribution in [0.15, 0.2) is 51.2 Å². The number of halogens is 2. The zero-order chi connectivity index (χ0) is 13.9. The molecule has 0 aliphatic carbocycles. The van der Waals surface area contributed by atoms with Gasteiger partial charge in [0.05, 0.1) is 9.47 Å². The average molecular weight is 414 g/mol. The molecule has 3 aromatic rings. The normalized spacial score (nSPS) is 10.7. The zero-order valence-electron chi connectivity index (χ0n) is 10.3. The number of anilines is 1. The molecule has 20 heavy (non-hydrogen) atoms. The van der Waals surface area contributed by atoms with Crippen LogP contribution < -0.4 is 5.32 Å². The molecule has 0 amide bonds. The highest BCUT2D eigenvalue weighted by Gasteiger charge is 2.04. The minimum Gasteiger partial charge on any atom is -0.380 e. The van der Waals surface area contributed by atoms with Gasteiger partial charge < -0.3 is 5.32 Å². The van der Waals surface area contributed by atoms with Crippen molar-refractivity contribution in [3.05, 3.63) is 56.1 Å². The van der Waals surface area contributed by atoms with Gasteiger partial charge in [0.2, 0.25) is 0 Å². The molecule has 0 spiro atoms. The van der Waals surface area contributed by atoms with E-state index in [1.54, 1.807) is 22.3 Å². The number of rotatable bonds is 4. The van der Waals surface area contributed by atoms with Gasteiger partial charge in [0.15, 0.2) is 0 Å². The second kappa shape index (κ2) is 6.07. The highest BCUT2D eigenvalue weighted by Crippen LogP contribution is 2.32. The molecule has 7 heteroatoms.